The third-order valence-corrected chi connectivity index (χ3v) is 4.76. The minimum Gasteiger partial charge on any atom is -0.449 e. The van der Waals surface area contributed by atoms with Crippen molar-refractivity contribution in [1.82, 2.24) is 0 Å². The fourth-order valence-corrected chi connectivity index (χ4v) is 2.77. The smallest absolute Gasteiger partial charge is 0.416 e. The number of carbonyl (C=O) groups excluding carboxylic acids is 2. The molecule has 0 aliphatic rings. The average Bonchev–Trinajstić information content (AvgIpc) is 2.60. The number of hydrogen-bond acceptors (Lipinski definition) is 5. The van der Waals surface area contributed by atoms with E-state index in [0.717, 1.165) is 24.5 Å². The van der Waals surface area contributed by atoms with E-state index in [4.69, 9.17) is 4.74 Å². The van der Waals surface area contributed by atoms with E-state index in [-0.39, 0.29) is 16.1 Å². The van der Waals surface area contributed by atoms with E-state index in [2.05, 4.69) is 5.32 Å². The first-order chi connectivity index (χ1) is 12.9. The number of anilines is 1. The van der Waals surface area contributed by atoms with Gasteiger partial charge in [0.2, 0.25) is 0 Å². The molecule has 0 aliphatic heterocycles. The highest BCUT2D eigenvalue weighted by Crippen LogP contribution is 2.30. The number of nitrogens with one attached hydrogen (secondary N) is 1. The molecule has 0 radical (unpaired) electrons. The zero-order chi connectivity index (χ0) is 21.1. The molecule has 0 heterocycles. The van der Waals surface area contributed by atoms with Crippen LogP contribution in [0.3, 0.4) is 0 Å². The minimum atomic E-state index is -4.56. The van der Waals surface area contributed by atoms with Gasteiger partial charge in [0.15, 0.2) is 15.9 Å². The molecule has 0 bridgehead atoms. The van der Waals surface area contributed by atoms with Gasteiger partial charge in [0.1, 0.15) is 0 Å². The van der Waals surface area contributed by atoms with E-state index < -0.39 is 39.6 Å². The Hall–Kier alpha value is -2.88. The highest BCUT2D eigenvalue weighted by Gasteiger charge is 2.30. The van der Waals surface area contributed by atoms with E-state index in [0.29, 0.717) is 0 Å². The lowest BCUT2D eigenvalue weighted by Gasteiger charge is -2.14. The monoisotopic (exact) mass is 415 g/mol. The highest BCUT2D eigenvalue weighted by molar-refractivity contribution is 7.90. The topological polar surface area (TPSA) is 89.5 Å². The van der Waals surface area contributed by atoms with Crippen molar-refractivity contribution >= 4 is 27.4 Å². The van der Waals surface area contributed by atoms with Gasteiger partial charge < -0.3 is 10.1 Å². The van der Waals surface area contributed by atoms with Gasteiger partial charge in [-0.15, -0.1) is 0 Å². The summed E-state index contributed by atoms with van der Waals surface area (Å²) in [6.07, 6.45) is -4.84. The van der Waals surface area contributed by atoms with Crippen molar-refractivity contribution in [3.63, 3.8) is 0 Å². The number of ether oxygens (including phenoxy) is 1. The minimum absolute atomic E-state index is 0.0133. The fraction of sp³-hybridized carbons (Fsp3) is 0.222. The molecule has 28 heavy (non-hydrogen) atoms. The van der Waals surface area contributed by atoms with Gasteiger partial charge in [-0.1, -0.05) is 6.07 Å². The molecule has 2 rings (SSSR count). The molecule has 0 unspecified atom stereocenters. The van der Waals surface area contributed by atoms with Crippen LogP contribution in [0.5, 0.6) is 0 Å². The fourth-order valence-electron chi connectivity index (χ4n) is 2.14. The Morgan fingerprint density at radius 1 is 1.07 bits per heavy atom. The van der Waals surface area contributed by atoms with Gasteiger partial charge in [0, 0.05) is 11.9 Å². The third-order valence-electron chi connectivity index (χ3n) is 3.63. The molecular weight excluding hydrogens is 399 g/mol. The van der Waals surface area contributed by atoms with Gasteiger partial charge in [-0.2, -0.15) is 13.2 Å². The van der Waals surface area contributed by atoms with Crippen molar-refractivity contribution in [3.05, 3.63) is 59.7 Å². The second-order valence-electron chi connectivity index (χ2n) is 5.91. The lowest BCUT2D eigenvalue weighted by atomic mass is 10.2. The van der Waals surface area contributed by atoms with Crippen molar-refractivity contribution in [2.45, 2.75) is 24.1 Å². The van der Waals surface area contributed by atoms with Crippen LogP contribution in [0.15, 0.2) is 53.4 Å². The Balaban J connectivity index is 2.03. The maximum absolute atomic E-state index is 12.7. The van der Waals surface area contributed by atoms with Crippen LogP contribution in [0.4, 0.5) is 18.9 Å². The zero-order valence-corrected chi connectivity index (χ0v) is 15.6. The Kier molecular flexibility index (Phi) is 6.13. The summed E-state index contributed by atoms with van der Waals surface area (Å²) in [4.78, 5) is 24.1. The number of rotatable bonds is 5. The predicted molar refractivity (Wildman–Crippen MR) is 94.5 cm³/mol. The van der Waals surface area contributed by atoms with E-state index in [9.17, 15) is 31.2 Å². The normalized spacial score (nSPS) is 12.9. The number of esters is 1. The number of carbonyl (C=O) groups is 2. The zero-order valence-electron chi connectivity index (χ0n) is 14.8. The Morgan fingerprint density at radius 3 is 2.21 bits per heavy atom. The molecule has 2 aromatic rings. The molecule has 0 saturated carbocycles. The largest absolute Gasteiger partial charge is 0.449 e. The van der Waals surface area contributed by atoms with Crippen molar-refractivity contribution in [2.24, 2.45) is 0 Å². The van der Waals surface area contributed by atoms with Gasteiger partial charge in [0.05, 0.1) is 16.0 Å². The first-order valence-electron chi connectivity index (χ1n) is 7.87. The standard InChI is InChI=1S/C18H16F3NO5S/c1-11(16(23)22-14-5-3-4-13(10-14)18(19,20)21)27-17(24)12-6-8-15(9-7-12)28(2,25)26/h3-11H,1-2H3,(H,22,23)/t11-/m0/s1. The Morgan fingerprint density at radius 2 is 1.68 bits per heavy atom. The maximum atomic E-state index is 12.7. The van der Waals surface area contributed by atoms with Gasteiger partial charge >= 0.3 is 12.1 Å². The van der Waals surface area contributed by atoms with E-state index >= 15 is 0 Å². The number of amides is 1. The van der Waals surface area contributed by atoms with E-state index in [1.54, 1.807) is 0 Å². The Labute approximate surface area is 159 Å². The second-order valence-corrected chi connectivity index (χ2v) is 7.93. The van der Waals surface area contributed by atoms with Gasteiger partial charge in [-0.3, -0.25) is 4.79 Å². The summed E-state index contributed by atoms with van der Waals surface area (Å²) in [6, 6.07) is 8.94. The first kappa shape index (κ1) is 21.4. The summed E-state index contributed by atoms with van der Waals surface area (Å²) >= 11 is 0. The number of sulfone groups is 1. The van der Waals surface area contributed by atoms with E-state index in [1.807, 2.05) is 0 Å². The molecular formula is C18H16F3NO5S. The molecule has 0 fully saturated rings. The number of alkyl halides is 3. The molecule has 1 N–H and O–H groups in total. The molecule has 6 nitrogen and oxygen atoms in total. The molecule has 2 aromatic carbocycles. The predicted octanol–water partition coefficient (Wildman–Crippen LogP) is 3.29. The van der Waals surface area contributed by atoms with Crippen LogP contribution >= 0.6 is 0 Å². The molecule has 0 spiro atoms. The molecule has 0 saturated heterocycles. The van der Waals surface area contributed by atoms with Gasteiger partial charge in [-0.25, -0.2) is 13.2 Å². The van der Waals surface area contributed by atoms with Crippen LogP contribution < -0.4 is 5.32 Å². The second kappa shape index (κ2) is 8.01. The van der Waals surface area contributed by atoms with Crippen LogP contribution in [0, 0.1) is 0 Å². The summed E-state index contributed by atoms with van der Waals surface area (Å²) in [7, 11) is -3.43. The molecule has 0 aliphatic carbocycles. The van der Waals surface area contributed by atoms with Crippen LogP contribution in [0.25, 0.3) is 0 Å². The quantitative estimate of drug-likeness (QED) is 0.757. The van der Waals surface area contributed by atoms with Crippen LogP contribution in [-0.4, -0.2) is 32.7 Å². The molecule has 0 aromatic heterocycles. The van der Waals surface area contributed by atoms with Crippen LogP contribution in [0.1, 0.15) is 22.8 Å². The lowest BCUT2D eigenvalue weighted by molar-refractivity contribution is -0.137. The van der Waals surface area contributed by atoms with E-state index in [1.165, 1.54) is 37.3 Å². The van der Waals surface area contributed by atoms with Crippen molar-refractivity contribution in [2.75, 3.05) is 11.6 Å². The summed E-state index contributed by atoms with van der Waals surface area (Å²) in [5.41, 5.74) is -1.01. The number of benzene rings is 2. The van der Waals surface area contributed by atoms with Crippen molar-refractivity contribution in [3.8, 4) is 0 Å². The van der Waals surface area contributed by atoms with Crippen molar-refractivity contribution < 1.29 is 35.9 Å². The average molecular weight is 415 g/mol. The van der Waals surface area contributed by atoms with Gasteiger partial charge in [-0.05, 0) is 49.4 Å². The summed E-state index contributed by atoms with van der Waals surface area (Å²) in [6.45, 7) is 1.26. The number of hydrogen-bond donors (Lipinski definition) is 1. The highest BCUT2D eigenvalue weighted by atomic mass is 32.2. The third kappa shape index (κ3) is 5.56. The van der Waals surface area contributed by atoms with Gasteiger partial charge in [0.25, 0.3) is 5.91 Å². The molecule has 150 valence electrons. The van der Waals surface area contributed by atoms with Crippen LogP contribution in [-0.2, 0) is 25.5 Å². The Bertz CT molecular complexity index is 985. The summed E-state index contributed by atoms with van der Waals surface area (Å²) in [5.74, 6) is -1.70. The number of halogens is 3. The first-order valence-corrected chi connectivity index (χ1v) is 9.76. The summed E-state index contributed by atoms with van der Waals surface area (Å²) in [5, 5.41) is 2.24. The SMILES string of the molecule is C[C@H](OC(=O)c1ccc(S(C)(=O)=O)cc1)C(=O)Nc1cccc(C(F)(F)F)c1. The van der Waals surface area contributed by atoms with Crippen molar-refractivity contribution in [1.29, 1.82) is 0 Å². The summed E-state index contributed by atoms with van der Waals surface area (Å²) < 4.78 is 65.9. The molecule has 1 atom stereocenters. The molecule has 1 amide bonds. The molecule has 10 heteroatoms. The van der Waals surface area contributed by atoms with Crippen LogP contribution in [0.2, 0.25) is 0 Å². The maximum Gasteiger partial charge on any atom is 0.416 e. The lowest BCUT2D eigenvalue weighted by Crippen LogP contribution is -2.30.